The zero-order valence-electron chi connectivity index (χ0n) is 7.98. The van der Waals surface area contributed by atoms with Crippen molar-refractivity contribution in [1.29, 1.82) is 0 Å². The van der Waals surface area contributed by atoms with E-state index in [4.69, 9.17) is 0 Å². The number of nitrogens with zero attached hydrogens (tertiary/aromatic N) is 1. The first kappa shape index (κ1) is 10.5. The van der Waals surface area contributed by atoms with Crippen molar-refractivity contribution < 1.29 is 4.79 Å². The van der Waals surface area contributed by atoms with Crippen LogP contribution in [0.15, 0.2) is 0 Å². The minimum atomic E-state index is 0.206. The molecule has 65 valence electrons. The van der Waals surface area contributed by atoms with E-state index >= 15 is 0 Å². The third kappa shape index (κ3) is 2.91. The van der Waals surface area contributed by atoms with Crippen LogP contribution in [0.4, 0.5) is 0 Å². The summed E-state index contributed by atoms with van der Waals surface area (Å²) in [7, 11) is 1.84. The summed E-state index contributed by atoms with van der Waals surface area (Å²) in [6.07, 6.45) is 1.75. The molecule has 0 saturated heterocycles. The van der Waals surface area contributed by atoms with Crippen molar-refractivity contribution in [3.8, 4) is 0 Å². The molecule has 0 aliphatic rings. The topological polar surface area (TPSA) is 20.3 Å². The van der Waals surface area contributed by atoms with E-state index in [9.17, 15) is 4.79 Å². The summed E-state index contributed by atoms with van der Waals surface area (Å²) in [5.74, 6) is 1.23. The molecular weight excluding hydrogens is 138 g/mol. The molecule has 0 saturated carbocycles. The van der Waals surface area contributed by atoms with Gasteiger partial charge in [0.15, 0.2) is 0 Å². The third-order valence-electron chi connectivity index (χ3n) is 1.98. The number of hydrogen-bond acceptors (Lipinski definition) is 1. The van der Waals surface area contributed by atoms with Crippen LogP contribution in [0.1, 0.15) is 33.6 Å². The molecule has 2 nitrogen and oxygen atoms in total. The van der Waals surface area contributed by atoms with Gasteiger partial charge in [0.2, 0.25) is 5.91 Å². The van der Waals surface area contributed by atoms with Crippen molar-refractivity contribution in [2.75, 3.05) is 13.6 Å². The van der Waals surface area contributed by atoms with Crippen LogP contribution in [0.2, 0.25) is 0 Å². The van der Waals surface area contributed by atoms with Crippen LogP contribution >= 0.6 is 0 Å². The van der Waals surface area contributed by atoms with Gasteiger partial charge in [0.25, 0.3) is 0 Å². The average Bonchev–Trinajstić information content (AvgIpc) is 2.05. The van der Waals surface area contributed by atoms with Gasteiger partial charge in [0.1, 0.15) is 0 Å². The second kappa shape index (κ2) is 5.16. The summed E-state index contributed by atoms with van der Waals surface area (Å²) < 4.78 is 0. The monoisotopic (exact) mass is 156 g/mol. The second-order valence-electron chi connectivity index (χ2n) is 2.63. The Labute approximate surface area is 69.6 Å². The lowest BCUT2D eigenvalue weighted by atomic mass is 10.0. The summed E-state index contributed by atoms with van der Waals surface area (Å²) in [6, 6.07) is 0. The molecule has 1 radical (unpaired) electrons. The minimum absolute atomic E-state index is 0.206. The Hall–Kier alpha value is -0.530. The number of carbonyl (C=O) groups is 1. The van der Waals surface area contributed by atoms with Crippen molar-refractivity contribution in [2.24, 2.45) is 0 Å². The lowest BCUT2D eigenvalue weighted by molar-refractivity contribution is -0.128. The molecular formula is C9H18NO. The van der Waals surface area contributed by atoms with Crippen LogP contribution in [0.3, 0.4) is 0 Å². The molecule has 0 atom stereocenters. The summed E-state index contributed by atoms with van der Waals surface area (Å²) in [5, 5.41) is 0. The van der Waals surface area contributed by atoms with Gasteiger partial charge in [-0.2, -0.15) is 0 Å². The first-order chi connectivity index (χ1) is 5.17. The molecule has 2 heteroatoms. The first-order valence-corrected chi connectivity index (χ1v) is 4.27. The molecule has 11 heavy (non-hydrogen) atoms. The molecule has 0 unspecified atom stereocenters. The van der Waals surface area contributed by atoms with Crippen molar-refractivity contribution in [3.63, 3.8) is 0 Å². The molecule has 0 fully saturated rings. The fraction of sp³-hybridized carbons (Fsp3) is 0.778. The van der Waals surface area contributed by atoms with Crippen molar-refractivity contribution in [3.05, 3.63) is 5.92 Å². The SMILES string of the molecule is CC[C](CC)C(=O)N(C)CC. The van der Waals surface area contributed by atoms with Gasteiger partial charge in [-0.15, -0.1) is 0 Å². The van der Waals surface area contributed by atoms with Gasteiger partial charge < -0.3 is 4.90 Å². The largest absolute Gasteiger partial charge is 0.346 e. The molecule has 0 heterocycles. The van der Waals surface area contributed by atoms with Gasteiger partial charge in [-0.05, 0) is 19.8 Å². The summed E-state index contributed by atoms with van der Waals surface area (Å²) >= 11 is 0. The number of amides is 1. The molecule has 0 rings (SSSR count). The highest BCUT2D eigenvalue weighted by molar-refractivity contribution is 5.89. The van der Waals surface area contributed by atoms with Gasteiger partial charge in [-0.1, -0.05) is 13.8 Å². The fourth-order valence-electron chi connectivity index (χ4n) is 0.966. The maximum Gasteiger partial charge on any atom is 0.229 e. The zero-order valence-corrected chi connectivity index (χ0v) is 7.98. The molecule has 0 aromatic heterocycles. The molecule has 0 aliphatic heterocycles. The van der Waals surface area contributed by atoms with Crippen LogP contribution in [0.5, 0.6) is 0 Å². The molecule has 0 spiro atoms. The molecule has 1 amide bonds. The summed E-state index contributed by atoms with van der Waals surface area (Å²) in [4.78, 5) is 13.2. The van der Waals surface area contributed by atoms with E-state index in [2.05, 4.69) is 0 Å². The summed E-state index contributed by atoms with van der Waals surface area (Å²) in [5.41, 5.74) is 0. The second-order valence-corrected chi connectivity index (χ2v) is 2.63. The van der Waals surface area contributed by atoms with Crippen LogP contribution in [0, 0.1) is 5.92 Å². The van der Waals surface area contributed by atoms with Gasteiger partial charge in [0.05, 0.1) is 5.92 Å². The Morgan fingerprint density at radius 3 is 1.91 bits per heavy atom. The quantitative estimate of drug-likeness (QED) is 0.608. The van der Waals surface area contributed by atoms with Crippen LogP contribution < -0.4 is 0 Å². The van der Waals surface area contributed by atoms with E-state index in [-0.39, 0.29) is 5.91 Å². The third-order valence-corrected chi connectivity index (χ3v) is 1.98. The van der Waals surface area contributed by atoms with Crippen molar-refractivity contribution >= 4 is 5.91 Å². The Kier molecular flexibility index (Phi) is 4.92. The fourth-order valence-corrected chi connectivity index (χ4v) is 0.966. The highest BCUT2D eigenvalue weighted by Gasteiger charge is 2.17. The van der Waals surface area contributed by atoms with Crippen LogP contribution in [-0.2, 0) is 4.79 Å². The van der Waals surface area contributed by atoms with Gasteiger partial charge in [-0.3, -0.25) is 4.79 Å². The van der Waals surface area contributed by atoms with E-state index in [0.717, 1.165) is 25.3 Å². The molecule has 0 aliphatic carbocycles. The Balaban J connectivity index is 3.97. The van der Waals surface area contributed by atoms with E-state index in [1.807, 2.05) is 27.8 Å². The maximum absolute atomic E-state index is 11.4. The normalized spacial score (nSPS) is 10.3. The highest BCUT2D eigenvalue weighted by Crippen LogP contribution is 2.12. The zero-order chi connectivity index (χ0) is 8.85. The van der Waals surface area contributed by atoms with Crippen molar-refractivity contribution in [2.45, 2.75) is 33.6 Å². The van der Waals surface area contributed by atoms with E-state index < -0.39 is 0 Å². The Morgan fingerprint density at radius 2 is 1.64 bits per heavy atom. The maximum atomic E-state index is 11.4. The average molecular weight is 156 g/mol. The predicted octanol–water partition coefficient (Wildman–Crippen LogP) is 1.86. The smallest absolute Gasteiger partial charge is 0.229 e. The van der Waals surface area contributed by atoms with Gasteiger partial charge in [-0.25, -0.2) is 0 Å². The Morgan fingerprint density at radius 1 is 1.18 bits per heavy atom. The van der Waals surface area contributed by atoms with E-state index in [0.29, 0.717) is 0 Å². The predicted molar refractivity (Wildman–Crippen MR) is 47.1 cm³/mol. The lowest BCUT2D eigenvalue weighted by Crippen LogP contribution is -2.30. The molecule has 0 bridgehead atoms. The molecule has 0 aromatic rings. The lowest BCUT2D eigenvalue weighted by Gasteiger charge is -2.19. The van der Waals surface area contributed by atoms with Crippen molar-refractivity contribution in [1.82, 2.24) is 4.90 Å². The standard InChI is InChI=1S/C9H18NO/c1-5-8(6-2)9(11)10(4)7-3/h5-7H2,1-4H3. The van der Waals surface area contributed by atoms with E-state index in [1.54, 1.807) is 4.90 Å². The van der Waals surface area contributed by atoms with Gasteiger partial charge in [0, 0.05) is 13.6 Å². The van der Waals surface area contributed by atoms with Crippen LogP contribution in [-0.4, -0.2) is 24.4 Å². The van der Waals surface area contributed by atoms with E-state index in [1.165, 1.54) is 0 Å². The number of rotatable bonds is 4. The highest BCUT2D eigenvalue weighted by atomic mass is 16.2. The molecule has 0 N–H and O–H groups in total. The first-order valence-electron chi connectivity index (χ1n) is 4.27. The number of hydrogen-bond donors (Lipinski definition) is 0. The molecule has 0 aromatic carbocycles. The van der Waals surface area contributed by atoms with Gasteiger partial charge >= 0.3 is 0 Å². The van der Waals surface area contributed by atoms with Crippen LogP contribution in [0.25, 0.3) is 0 Å². The minimum Gasteiger partial charge on any atom is -0.346 e. The Bertz CT molecular complexity index is 119. The number of carbonyl (C=O) groups excluding carboxylic acids is 1. The summed E-state index contributed by atoms with van der Waals surface area (Å²) in [6.45, 7) is 6.84.